The van der Waals surface area contributed by atoms with Gasteiger partial charge < -0.3 is 9.74 Å². The molecule has 0 bridgehead atoms. The Hall–Kier alpha value is -1.51. The van der Waals surface area contributed by atoms with Gasteiger partial charge in [0.25, 0.3) is 0 Å². The SMILES string of the molecule is CC.CC1ON=C(c2ccccc2)N1C. The van der Waals surface area contributed by atoms with Crippen LogP contribution in [-0.2, 0) is 4.84 Å². The van der Waals surface area contributed by atoms with Crippen LogP contribution >= 0.6 is 0 Å². The summed E-state index contributed by atoms with van der Waals surface area (Å²) in [7, 11) is 1.98. The van der Waals surface area contributed by atoms with Gasteiger partial charge in [0.05, 0.1) is 0 Å². The van der Waals surface area contributed by atoms with Crippen LogP contribution in [0.3, 0.4) is 0 Å². The van der Waals surface area contributed by atoms with Gasteiger partial charge >= 0.3 is 0 Å². The van der Waals surface area contributed by atoms with Crippen LogP contribution in [0.15, 0.2) is 35.5 Å². The van der Waals surface area contributed by atoms with Gasteiger partial charge in [0.2, 0.25) is 0 Å². The summed E-state index contributed by atoms with van der Waals surface area (Å²) in [4.78, 5) is 7.16. The van der Waals surface area contributed by atoms with Gasteiger partial charge in [0.15, 0.2) is 12.1 Å². The fourth-order valence-corrected chi connectivity index (χ4v) is 1.28. The van der Waals surface area contributed by atoms with Crippen LogP contribution in [-0.4, -0.2) is 24.0 Å². The van der Waals surface area contributed by atoms with E-state index in [1.165, 1.54) is 0 Å². The van der Waals surface area contributed by atoms with E-state index in [-0.39, 0.29) is 6.23 Å². The summed E-state index contributed by atoms with van der Waals surface area (Å²) in [5.41, 5.74) is 1.09. The lowest BCUT2D eigenvalue weighted by molar-refractivity contribution is 0.0354. The van der Waals surface area contributed by atoms with Gasteiger partial charge in [-0.1, -0.05) is 49.3 Å². The summed E-state index contributed by atoms with van der Waals surface area (Å²) in [6.45, 7) is 5.97. The molecule has 0 fully saturated rings. The van der Waals surface area contributed by atoms with Gasteiger partial charge in [-0.2, -0.15) is 0 Å². The van der Waals surface area contributed by atoms with Gasteiger partial charge in [-0.05, 0) is 6.92 Å². The van der Waals surface area contributed by atoms with E-state index in [9.17, 15) is 0 Å². The molecule has 0 spiro atoms. The minimum Gasteiger partial charge on any atom is -0.369 e. The molecule has 0 radical (unpaired) electrons. The van der Waals surface area contributed by atoms with Crippen molar-refractivity contribution in [2.75, 3.05) is 7.05 Å². The highest BCUT2D eigenvalue weighted by atomic mass is 16.7. The molecule has 1 heterocycles. The van der Waals surface area contributed by atoms with Crippen molar-refractivity contribution in [3.8, 4) is 0 Å². The monoisotopic (exact) mass is 206 g/mol. The number of benzene rings is 1. The lowest BCUT2D eigenvalue weighted by atomic mass is 10.2. The molecule has 0 N–H and O–H groups in total. The van der Waals surface area contributed by atoms with Crippen molar-refractivity contribution in [1.29, 1.82) is 0 Å². The second kappa shape index (κ2) is 5.39. The smallest absolute Gasteiger partial charge is 0.198 e. The first kappa shape index (κ1) is 11.6. The zero-order chi connectivity index (χ0) is 11.3. The summed E-state index contributed by atoms with van der Waals surface area (Å²) in [6, 6.07) is 10.0. The molecule has 3 heteroatoms. The maximum Gasteiger partial charge on any atom is 0.198 e. The average molecular weight is 206 g/mol. The predicted octanol–water partition coefficient (Wildman–Crippen LogP) is 2.68. The summed E-state index contributed by atoms with van der Waals surface area (Å²) >= 11 is 0. The van der Waals surface area contributed by atoms with E-state index in [0.717, 1.165) is 11.4 Å². The highest BCUT2D eigenvalue weighted by molar-refractivity contribution is 5.98. The highest BCUT2D eigenvalue weighted by Gasteiger charge is 2.22. The molecule has 1 aliphatic rings. The van der Waals surface area contributed by atoms with E-state index in [1.54, 1.807) is 0 Å². The van der Waals surface area contributed by atoms with E-state index in [1.807, 2.05) is 63.1 Å². The van der Waals surface area contributed by atoms with Crippen molar-refractivity contribution in [3.63, 3.8) is 0 Å². The minimum absolute atomic E-state index is 0.0372. The normalized spacial score (nSPS) is 18.8. The number of hydrogen-bond acceptors (Lipinski definition) is 3. The molecule has 0 saturated heterocycles. The molecule has 1 aromatic rings. The Kier molecular flexibility index (Phi) is 4.16. The molecule has 0 aromatic heterocycles. The molecule has 0 amide bonds. The van der Waals surface area contributed by atoms with Crippen molar-refractivity contribution in [2.24, 2.45) is 5.16 Å². The van der Waals surface area contributed by atoms with Crippen LogP contribution in [0.2, 0.25) is 0 Å². The average Bonchev–Trinajstić information content (AvgIpc) is 2.64. The molecule has 82 valence electrons. The summed E-state index contributed by atoms with van der Waals surface area (Å²) in [5.74, 6) is 0.896. The number of rotatable bonds is 1. The van der Waals surface area contributed by atoms with Gasteiger partial charge in [0.1, 0.15) is 0 Å². The Morgan fingerprint density at radius 3 is 2.27 bits per heavy atom. The quantitative estimate of drug-likeness (QED) is 0.705. The van der Waals surface area contributed by atoms with Crippen LogP contribution in [0.5, 0.6) is 0 Å². The number of amidine groups is 1. The Morgan fingerprint density at radius 2 is 1.80 bits per heavy atom. The molecule has 3 nitrogen and oxygen atoms in total. The molecule has 1 unspecified atom stereocenters. The Bertz CT molecular complexity index is 322. The first-order chi connectivity index (χ1) is 7.29. The number of nitrogens with zero attached hydrogens (tertiary/aromatic N) is 2. The molecule has 2 rings (SSSR count). The topological polar surface area (TPSA) is 24.8 Å². The first-order valence-electron chi connectivity index (χ1n) is 5.31. The number of oxime groups is 1. The maximum absolute atomic E-state index is 5.15. The van der Waals surface area contributed by atoms with Crippen LogP contribution in [0, 0.1) is 0 Å². The third-order valence-corrected chi connectivity index (χ3v) is 2.20. The zero-order valence-corrected chi connectivity index (χ0v) is 9.77. The van der Waals surface area contributed by atoms with Crippen LogP contribution in [0.25, 0.3) is 0 Å². The van der Waals surface area contributed by atoms with Gasteiger partial charge in [-0.15, -0.1) is 0 Å². The van der Waals surface area contributed by atoms with Crippen molar-refractivity contribution in [1.82, 2.24) is 4.90 Å². The van der Waals surface area contributed by atoms with Crippen molar-refractivity contribution >= 4 is 5.84 Å². The van der Waals surface area contributed by atoms with Crippen molar-refractivity contribution in [2.45, 2.75) is 27.0 Å². The first-order valence-corrected chi connectivity index (χ1v) is 5.31. The molecule has 1 aromatic carbocycles. The van der Waals surface area contributed by atoms with Gasteiger partial charge in [-0.25, -0.2) is 0 Å². The number of hydrogen-bond donors (Lipinski definition) is 0. The second-order valence-corrected chi connectivity index (χ2v) is 3.10. The summed E-state index contributed by atoms with van der Waals surface area (Å²) in [6.07, 6.45) is 0.0372. The molecule has 0 saturated carbocycles. The molecular formula is C12H18N2O. The lowest BCUT2D eigenvalue weighted by Gasteiger charge is -2.16. The summed E-state index contributed by atoms with van der Waals surface area (Å²) in [5, 5.41) is 4.01. The summed E-state index contributed by atoms with van der Waals surface area (Å²) < 4.78 is 0. The highest BCUT2D eigenvalue weighted by Crippen LogP contribution is 2.14. The predicted molar refractivity (Wildman–Crippen MR) is 62.6 cm³/mol. The molecule has 1 aliphatic heterocycles. The fraction of sp³-hybridized carbons (Fsp3) is 0.417. The zero-order valence-electron chi connectivity index (χ0n) is 9.77. The minimum atomic E-state index is 0.0372. The van der Waals surface area contributed by atoms with E-state index >= 15 is 0 Å². The van der Waals surface area contributed by atoms with E-state index < -0.39 is 0 Å². The Morgan fingerprint density at radius 1 is 1.20 bits per heavy atom. The third-order valence-electron chi connectivity index (χ3n) is 2.20. The molecule has 15 heavy (non-hydrogen) atoms. The van der Waals surface area contributed by atoms with Gasteiger partial charge in [-0.3, -0.25) is 0 Å². The van der Waals surface area contributed by atoms with Crippen molar-refractivity contribution < 1.29 is 4.84 Å². The Balaban J connectivity index is 0.000000531. The lowest BCUT2D eigenvalue weighted by Crippen LogP contribution is -2.30. The van der Waals surface area contributed by atoms with Gasteiger partial charge in [0, 0.05) is 12.6 Å². The fourth-order valence-electron chi connectivity index (χ4n) is 1.28. The van der Waals surface area contributed by atoms with Crippen LogP contribution < -0.4 is 0 Å². The van der Waals surface area contributed by atoms with E-state index in [4.69, 9.17) is 4.84 Å². The third kappa shape index (κ3) is 2.49. The largest absolute Gasteiger partial charge is 0.369 e. The Labute approximate surface area is 91.3 Å². The van der Waals surface area contributed by atoms with Crippen LogP contribution in [0.4, 0.5) is 0 Å². The molecule has 1 atom stereocenters. The maximum atomic E-state index is 5.15. The van der Waals surface area contributed by atoms with E-state index in [2.05, 4.69) is 5.16 Å². The van der Waals surface area contributed by atoms with Crippen LogP contribution in [0.1, 0.15) is 26.3 Å². The standard InChI is InChI=1S/C10H12N2O.C2H6/c1-8-12(2)10(11-13-8)9-6-4-3-5-7-9;1-2/h3-8H,1-2H3;1-2H3. The van der Waals surface area contributed by atoms with E-state index in [0.29, 0.717) is 0 Å². The molecular weight excluding hydrogens is 188 g/mol. The second-order valence-electron chi connectivity index (χ2n) is 3.10. The molecule has 0 aliphatic carbocycles. The van der Waals surface area contributed by atoms with Crippen molar-refractivity contribution in [3.05, 3.63) is 35.9 Å².